The highest BCUT2D eigenvalue weighted by Crippen LogP contribution is 2.20. The number of aromatic nitrogens is 3. The van der Waals surface area contributed by atoms with Crippen LogP contribution in [0.3, 0.4) is 0 Å². The van der Waals surface area contributed by atoms with Gasteiger partial charge in [0.1, 0.15) is 5.82 Å². The molecule has 3 heterocycles. The van der Waals surface area contributed by atoms with Gasteiger partial charge in [-0.1, -0.05) is 6.92 Å². The monoisotopic (exact) mass is 288 g/mol. The van der Waals surface area contributed by atoms with Crippen molar-refractivity contribution in [1.82, 2.24) is 19.5 Å². The fourth-order valence-electron chi connectivity index (χ4n) is 3.07. The summed E-state index contributed by atoms with van der Waals surface area (Å²) in [7, 11) is 0. The fourth-order valence-corrected chi connectivity index (χ4v) is 3.07. The summed E-state index contributed by atoms with van der Waals surface area (Å²) < 4.78 is 1.81. The van der Waals surface area contributed by atoms with Crippen molar-refractivity contribution in [2.24, 2.45) is 5.92 Å². The van der Waals surface area contributed by atoms with Crippen LogP contribution in [0.25, 0.3) is 5.65 Å². The molecular weight excluding hydrogens is 268 g/mol. The first-order valence-electron chi connectivity index (χ1n) is 7.46. The van der Waals surface area contributed by atoms with Gasteiger partial charge in [0.25, 0.3) is 0 Å². The molecule has 112 valence electrons. The lowest BCUT2D eigenvalue weighted by atomic mass is 9.94. The van der Waals surface area contributed by atoms with Crippen molar-refractivity contribution in [3.05, 3.63) is 29.7 Å². The van der Waals surface area contributed by atoms with E-state index in [-0.39, 0.29) is 5.56 Å². The summed E-state index contributed by atoms with van der Waals surface area (Å²) in [4.78, 5) is 13.5. The van der Waals surface area contributed by atoms with E-state index in [1.165, 1.54) is 19.4 Å². The number of fused-ring (bicyclic) bond motifs is 1. The predicted octanol–water partition coefficient (Wildman–Crippen LogP) is 1.70. The summed E-state index contributed by atoms with van der Waals surface area (Å²) >= 11 is 0. The number of carbonyl (C=O) groups is 1. The molecule has 3 rings (SSSR count). The number of nitrogens with zero attached hydrogens (tertiary/aromatic N) is 4. The smallest absolute Gasteiger partial charge is 0.337 e. The van der Waals surface area contributed by atoms with Crippen LogP contribution in [-0.2, 0) is 6.42 Å². The highest BCUT2D eigenvalue weighted by atomic mass is 16.4. The molecule has 1 fully saturated rings. The molecule has 6 heteroatoms. The number of likely N-dealkylation sites (tertiary alicyclic amines) is 1. The Kier molecular flexibility index (Phi) is 3.88. The van der Waals surface area contributed by atoms with Crippen LogP contribution in [0.2, 0.25) is 0 Å². The van der Waals surface area contributed by atoms with E-state index in [4.69, 9.17) is 5.11 Å². The van der Waals surface area contributed by atoms with E-state index in [9.17, 15) is 4.79 Å². The second-order valence-electron chi connectivity index (χ2n) is 5.67. The normalized spacial score (nSPS) is 20.0. The minimum atomic E-state index is -0.925. The highest BCUT2D eigenvalue weighted by molar-refractivity contribution is 5.87. The number of rotatable bonds is 4. The average Bonchev–Trinajstić information content (AvgIpc) is 2.90. The maximum atomic E-state index is 11.1. The van der Waals surface area contributed by atoms with Crippen LogP contribution in [0.15, 0.2) is 18.3 Å². The van der Waals surface area contributed by atoms with E-state index >= 15 is 0 Å². The van der Waals surface area contributed by atoms with Gasteiger partial charge in [-0.15, -0.1) is 10.2 Å². The Hall–Kier alpha value is -1.95. The highest BCUT2D eigenvalue weighted by Gasteiger charge is 2.21. The van der Waals surface area contributed by atoms with Crippen molar-refractivity contribution in [3.8, 4) is 0 Å². The van der Waals surface area contributed by atoms with Crippen LogP contribution in [0.1, 0.15) is 35.9 Å². The molecule has 6 nitrogen and oxygen atoms in total. The van der Waals surface area contributed by atoms with Crippen LogP contribution in [0.4, 0.5) is 0 Å². The van der Waals surface area contributed by atoms with Gasteiger partial charge in [0.15, 0.2) is 5.65 Å². The van der Waals surface area contributed by atoms with Crippen molar-refractivity contribution in [2.45, 2.75) is 26.2 Å². The molecule has 0 aromatic carbocycles. The Morgan fingerprint density at radius 2 is 2.29 bits per heavy atom. The molecular formula is C15H20N4O2. The number of piperidine rings is 1. The van der Waals surface area contributed by atoms with Crippen molar-refractivity contribution in [2.75, 3.05) is 19.6 Å². The van der Waals surface area contributed by atoms with Gasteiger partial charge in [-0.3, -0.25) is 4.40 Å². The van der Waals surface area contributed by atoms with Crippen LogP contribution in [0, 0.1) is 5.92 Å². The number of carboxylic acid groups (broad SMARTS) is 1. The summed E-state index contributed by atoms with van der Waals surface area (Å²) in [6.45, 7) is 5.54. The molecule has 0 radical (unpaired) electrons. The second kappa shape index (κ2) is 5.81. The SMILES string of the molecule is CCN1CCCC(Cc2nnc3ccc(C(=O)O)cn23)C1. The first kappa shape index (κ1) is 14.0. The fraction of sp³-hybridized carbons (Fsp3) is 0.533. The Morgan fingerprint density at radius 1 is 1.43 bits per heavy atom. The summed E-state index contributed by atoms with van der Waals surface area (Å²) in [5, 5.41) is 17.5. The van der Waals surface area contributed by atoms with E-state index in [0.717, 1.165) is 25.3 Å². The van der Waals surface area contributed by atoms with Gasteiger partial charge in [-0.25, -0.2) is 4.79 Å². The first-order chi connectivity index (χ1) is 10.2. The molecule has 1 aliphatic rings. The Morgan fingerprint density at radius 3 is 3.05 bits per heavy atom. The van der Waals surface area contributed by atoms with E-state index in [2.05, 4.69) is 22.0 Å². The molecule has 1 unspecified atom stereocenters. The van der Waals surface area contributed by atoms with Crippen LogP contribution in [-0.4, -0.2) is 50.2 Å². The number of pyridine rings is 1. The molecule has 0 spiro atoms. The number of carboxylic acids is 1. The summed E-state index contributed by atoms with van der Waals surface area (Å²) in [6, 6.07) is 3.27. The molecule has 2 aromatic heterocycles. The zero-order chi connectivity index (χ0) is 14.8. The minimum absolute atomic E-state index is 0.266. The zero-order valence-electron chi connectivity index (χ0n) is 12.2. The maximum absolute atomic E-state index is 11.1. The topological polar surface area (TPSA) is 70.7 Å². The Bertz CT molecular complexity index is 652. The lowest BCUT2D eigenvalue weighted by Crippen LogP contribution is -2.36. The van der Waals surface area contributed by atoms with Crippen molar-refractivity contribution in [3.63, 3.8) is 0 Å². The number of hydrogen-bond donors (Lipinski definition) is 1. The second-order valence-corrected chi connectivity index (χ2v) is 5.67. The van der Waals surface area contributed by atoms with Gasteiger partial charge in [0, 0.05) is 19.2 Å². The largest absolute Gasteiger partial charge is 0.478 e. The average molecular weight is 288 g/mol. The third kappa shape index (κ3) is 2.90. The molecule has 1 saturated heterocycles. The standard InChI is InChI=1S/C15H20N4O2/c1-2-18-7-3-4-11(9-18)8-14-17-16-13-6-5-12(15(20)21)10-19(13)14/h5-6,10-11H,2-4,7-9H2,1H3,(H,20,21). The lowest BCUT2D eigenvalue weighted by molar-refractivity contribution is 0.0696. The van der Waals surface area contributed by atoms with E-state index in [0.29, 0.717) is 11.6 Å². The molecule has 0 saturated carbocycles. The molecule has 1 atom stereocenters. The molecule has 0 amide bonds. The quantitative estimate of drug-likeness (QED) is 0.927. The molecule has 1 N–H and O–H groups in total. The summed E-state index contributed by atoms with van der Waals surface area (Å²) in [5.41, 5.74) is 0.973. The van der Waals surface area contributed by atoms with Gasteiger partial charge >= 0.3 is 5.97 Å². The molecule has 2 aromatic rings. The van der Waals surface area contributed by atoms with Gasteiger partial charge in [-0.2, -0.15) is 0 Å². The van der Waals surface area contributed by atoms with Crippen LogP contribution >= 0.6 is 0 Å². The Balaban J connectivity index is 1.83. The predicted molar refractivity (Wildman–Crippen MR) is 78.5 cm³/mol. The lowest BCUT2D eigenvalue weighted by Gasteiger charge is -2.31. The first-order valence-corrected chi connectivity index (χ1v) is 7.46. The van der Waals surface area contributed by atoms with Gasteiger partial charge < -0.3 is 10.0 Å². The van der Waals surface area contributed by atoms with Crippen molar-refractivity contribution >= 4 is 11.6 Å². The molecule has 0 aliphatic carbocycles. The number of hydrogen-bond acceptors (Lipinski definition) is 4. The van der Waals surface area contributed by atoms with E-state index < -0.39 is 5.97 Å². The third-order valence-corrected chi connectivity index (χ3v) is 4.24. The third-order valence-electron chi connectivity index (χ3n) is 4.24. The molecule has 0 bridgehead atoms. The van der Waals surface area contributed by atoms with Crippen molar-refractivity contribution < 1.29 is 9.90 Å². The van der Waals surface area contributed by atoms with E-state index in [1.807, 2.05) is 4.40 Å². The number of aromatic carboxylic acids is 1. The van der Waals surface area contributed by atoms with Gasteiger partial charge in [0.05, 0.1) is 5.56 Å². The van der Waals surface area contributed by atoms with Crippen LogP contribution < -0.4 is 0 Å². The summed E-state index contributed by atoms with van der Waals surface area (Å²) in [6.07, 6.45) is 4.88. The molecule has 1 aliphatic heterocycles. The van der Waals surface area contributed by atoms with E-state index in [1.54, 1.807) is 18.3 Å². The van der Waals surface area contributed by atoms with Gasteiger partial charge in [0.2, 0.25) is 0 Å². The maximum Gasteiger partial charge on any atom is 0.337 e. The van der Waals surface area contributed by atoms with Crippen LogP contribution in [0.5, 0.6) is 0 Å². The summed E-state index contributed by atoms with van der Waals surface area (Å²) in [5.74, 6) is 0.502. The zero-order valence-corrected chi connectivity index (χ0v) is 12.2. The Labute approximate surface area is 123 Å². The molecule has 21 heavy (non-hydrogen) atoms. The van der Waals surface area contributed by atoms with Gasteiger partial charge in [-0.05, 0) is 44.0 Å². The minimum Gasteiger partial charge on any atom is -0.478 e. The van der Waals surface area contributed by atoms with Crippen molar-refractivity contribution in [1.29, 1.82) is 0 Å².